The summed E-state index contributed by atoms with van der Waals surface area (Å²) < 4.78 is 26.1. The van der Waals surface area contributed by atoms with Crippen molar-refractivity contribution in [3.05, 3.63) is 64.7 Å². The fraction of sp³-hybridized carbons (Fsp3) is 0.318. The molecule has 0 saturated heterocycles. The second kappa shape index (κ2) is 9.70. The van der Waals surface area contributed by atoms with Crippen LogP contribution in [-0.2, 0) is 26.2 Å². The van der Waals surface area contributed by atoms with Gasteiger partial charge in [-0.2, -0.15) is 0 Å². The number of nitrogens with one attached hydrogen (secondary N) is 1. The minimum Gasteiger partial charge on any atom is -0.357 e. The highest BCUT2D eigenvalue weighted by Gasteiger charge is 2.40. The topological polar surface area (TPSA) is 104 Å². The molecule has 0 aromatic heterocycles. The maximum Gasteiger partial charge on any atom is 0.269 e. The first-order chi connectivity index (χ1) is 15.2. The van der Waals surface area contributed by atoms with E-state index >= 15 is 0 Å². The molecule has 0 spiro atoms. The highest BCUT2D eigenvalue weighted by Crippen LogP contribution is 2.30. The van der Waals surface area contributed by atoms with Gasteiger partial charge in [0, 0.05) is 31.6 Å². The van der Waals surface area contributed by atoms with Crippen LogP contribution in [0.3, 0.4) is 0 Å². The lowest BCUT2D eigenvalue weighted by molar-refractivity contribution is -0.140. The number of rotatable bonds is 8. The molecule has 1 N–H and O–H groups in total. The van der Waals surface area contributed by atoms with E-state index in [4.69, 9.17) is 11.6 Å². The summed E-state index contributed by atoms with van der Waals surface area (Å²) in [6.07, 6.45) is 0.111. The van der Waals surface area contributed by atoms with Gasteiger partial charge in [-0.25, -0.2) is 12.7 Å². The number of sulfonamides is 1. The monoisotopic (exact) mass is 477 g/mol. The molecule has 2 aromatic carbocycles. The SMILES string of the molecule is CNC(=O)C(C)N(Cc1ccc(Cl)cc1)C(=O)CCCN1C(=O)c2ccccc2S1(=O)=O. The molecule has 0 aliphatic carbocycles. The van der Waals surface area contributed by atoms with Crippen molar-refractivity contribution >= 4 is 39.3 Å². The third kappa shape index (κ3) is 4.78. The smallest absolute Gasteiger partial charge is 0.269 e. The van der Waals surface area contributed by atoms with E-state index in [0.717, 1.165) is 9.87 Å². The number of benzene rings is 2. The van der Waals surface area contributed by atoms with Crippen molar-refractivity contribution in [1.82, 2.24) is 14.5 Å². The summed E-state index contributed by atoms with van der Waals surface area (Å²) in [5.74, 6) is -1.23. The number of hydrogen-bond donors (Lipinski definition) is 1. The van der Waals surface area contributed by atoms with Gasteiger partial charge in [-0.1, -0.05) is 35.9 Å². The lowest BCUT2D eigenvalue weighted by Gasteiger charge is -2.28. The molecule has 0 radical (unpaired) electrons. The Morgan fingerprint density at radius 2 is 1.78 bits per heavy atom. The maximum absolute atomic E-state index is 13.0. The Bertz CT molecular complexity index is 1130. The van der Waals surface area contributed by atoms with Crippen molar-refractivity contribution in [2.45, 2.75) is 37.2 Å². The third-order valence-electron chi connectivity index (χ3n) is 5.34. The summed E-state index contributed by atoms with van der Waals surface area (Å²) >= 11 is 5.92. The van der Waals surface area contributed by atoms with Crippen molar-refractivity contribution < 1.29 is 22.8 Å². The van der Waals surface area contributed by atoms with Gasteiger partial charge in [0.1, 0.15) is 10.9 Å². The molecular formula is C22H24ClN3O5S. The van der Waals surface area contributed by atoms with Gasteiger partial charge in [0.25, 0.3) is 15.9 Å². The first-order valence-electron chi connectivity index (χ1n) is 10.1. The number of nitrogens with zero attached hydrogens (tertiary/aromatic N) is 2. The molecule has 0 saturated carbocycles. The lowest BCUT2D eigenvalue weighted by atomic mass is 10.1. The number of carbonyl (C=O) groups excluding carboxylic acids is 3. The molecule has 1 unspecified atom stereocenters. The van der Waals surface area contributed by atoms with Gasteiger partial charge in [0.2, 0.25) is 11.8 Å². The van der Waals surface area contributed by atoms with Crippen LogP contribution in [0.4, 0.5) is 0 Å². The molecule has 10 heteroatoms. The molecule has 3 rings (SSSR count). The van der Waals surface area contributed by atoms with Crippen LogP contribution in [0.5, 0.6) is 0 Å². The summed E-state index contributed by atoms with van der Waals surface area (Å²) in [6, 6.07) is 12.2. The van der Waals surface area contributed by atoms with Gasteiger partial charge in [-0.15, -0.1) is 0 Å². The average Bonchev–Trinajstić information content (AvgIpc) is 2.98. The van der Waals surface area contributed by atoms with Crippen LogP contribution in [0.1, 0.15) is 35.7 Å². The van der Waals surface area contributed by atoms with E-state index in [1.54, 1.807) is 43.3 Å². The van der Waals surface area contributed by atoms with Crippen molar-refractivity contribution in [2.75, 3.05) is 13.6 Å². The predicted molar refractivity (Wildman–Crippen MR) is 119 cm³/mol. The van der Waals surface area contributed by atoms with Crippen molar-refractivity contribution in [3.63, 3.8) is 0 Å². The molecule has 2 aromatic rings. The molecular weight excluding hydrogens is 454 g/mol. The van der Waals surface area contributed by atoms with Crippen LogP contribution in [-0.4, -0.2) is 55.0 Å². The van der Waals surface area contributed by atoms with Crippen LogP contribution in [0, 0.1) is 0 Å². The van der Waals surface area contributed by atoms with Crippen LogP contribution >= 0.6 is 11.6 Å². The second-order valence-electron chi connectivity index (χ2n) is 7.42. The second-order valence-corrected chi connectivity index (χ2v) is 9.69. The fourth-order valence-corrected chi connectivity index (χ4v) is 5.28. The van der Waals surface area contributed by atoms with E-state index < -0.39 is 22.0 Å². The van der Waals surface area contributed by atoms with E-state index in [1.807, 2.05) is 0 Å². The largest absolute Gasteiger partial charge is 0.357 e. The number of carbonyl (C=O) groups is 3. The standard InChI is InChI=1S/C22H24ClN3O5S/c1-15(21(28)24-2)25(14-16-9-11-17(23)12-10-16)20(27)8-5-13-26-22(29)18-6-3-4-7-19(18)32(26,30)31/h3-4,6-7,9-12,15H,5,8,13-14H2,1-2H3,(H,24,28). The van der Waals surface area contributed by atoms with Gasteiger partial charge >= 0.3 is 0 Å². The van der Waals surface area contributed by atoms with Gasteiger partial charge in [-0.05, 0) is 43.2 Å². The zero-order chi connectivity index (χ0) is 23.5. The molecule has 1 aliphatic rings. The summed E-state index contributed by atoms with van der Waals surface area (Å²) in [5.41, 5.74) is 0.933. The Hall–Kier alpha value is -2.91. The number of fused-ring (bicyclic) bond motifs is 1. The van der Waals surface area contributed by atoms with Gasteiger partial charge in [0.15, 0.2) is 0 Å². The number of likely N-dealkylation sites (N-methyl/N-ethyl adjacent to an activating group) is 1. The van der Waals surface area contributed by atoms with E-state index in [1.165, 1.54) is 24.1 Å². The molecule has 0 bridgehead atoms. The van der Waals surface area contributed by atoms with Crippen LogP contribution in [0.15, 0.2) is 53.4 Å². The summed E-state index contributed by atoms with van der Waals surface area (Å²) in [4.78, 5) is 39.1. The van der Waals surface area contributed by atoms with E-state index in [9.17, 15) is 22.8 Å². The zero-order valence-corrected chi connectivity index (χ0v) is 19.3. The van der Waals surface area contributed by atoms with Crippen LogP contribution < -0.4 is 5.32 Å². The number of amides is 3. The normalized spacial score (nSPS) is 15.2. The fourth-order valence-electron chi connectivity index (χ4n) is 3.55. The average molecular weight is 478 g/mol. The minimum absolute atomic E-state index is 0.0195. The predicted octanol–water partition coefficient (Wildman–Crippen LogP) is 2.43. The molecule has 1 atom stereocenters. The molecule has 170 valence electrons. The number of hydrogen-bond acceptors (Lipinski definition) is 5. The Balaban J connectivity index is 1.69. The maximum atomic E-state index is 13.0. The Labute approximate surface area is 192 Å². The lowest BCUT2D eigenvalue weighted by Crippen LogP contribution is -2.46. The first kappa shape index (κ1) is 23.7. The van der Waals surface area contributed by atoms with Crippen LogP contribution in [0.2, 0.25) is 5.02 Å². The minimum atomic E-state index is -3.92. The van der Waals surface area contributed by atoms with Gasteiger partial charge < -0.3 is 10.2 Å². The summed E-state index contributed by atoms with van der Waals surface area (Å²) in [6.45, 7) is 1.69. The summed E-state index contributed by atoms with van der Waals surface area (Å²) in [7, 11) is -2.43. The van der Waals surface area contributed by atoms with Gasteiger partial charge in [-0.3, -0.25) is 14.4 Å². The van der Waals surface area contributed by atoms with E-state index in [0.29, 0.717) is 5.02 Å². The third-order valence-corrected chi connectivity index (χ3v) is 7.44. The molecule has 32 heavy (non-hydrogen) atoms. The zero-order valence-electron chi connectivity index (χ0n) is 17.7. The van der Waals surface area contributed by atoms with E-state index in [2.05, 4.69) is 5.32 Å². The Kier molecular flexibility index (Phi) is 7.20. The molecule has 8 nitrogen and oxygen atoms in total. The quantitative estimate of drug-likeness (QED) is 0.628. The van der Waals surface area contributed by atoms with Crippen molar-refractivity contribution in [2.24, 2.45) is 0 Å². The van der Waals surface area contributed by atoms with Crippen molar-refractivity contribution in [3.8, 4) is 0 Å². The number of halogens is 1. The Morgan fingerprint density at radius 1 is 1.12 bits per heavy atom. The van der Waals surface area contributed by atoms with Crippen molar-refractivity contribution in [1.29, 1.82) is 0 Å². The summed E-state index contributed by atoms with van der Waals surface area (Å²) in [5, 5.41) is 3.10. The van der Waals surface area contributed by atoms with Crippen LogP contribution in [0.25, 0.3) is 0 Å². The molecule has 3 amide bonds. The highest BCUT2D eigenvalue weighted by atomic mass is 35.5. The Morgan fingerprint density at radius 3 is 2.41 bits per heavy atom. The molecule has 1 aliphatic heterocycles. The van der Waals surface area contributed by atoms with E-state index in [-0.39, 0.29) is 48.2 Å². The molecule has 0 fully saturated rings. The highest BCUT2D eigenvalue weighted by molar-refractivity contribution is 7.90. The molecule has 1 heterocycles. The first-order valence-corrected chi connectivity index (χ1v) is 11.9. The van der Waals surface area contributed by atoms with Gasteiger partial charge in [0.05, 0.1) is 5.56 Å².